The zero-order chi connectivity index (χ0) is 14.9. The van der Waals surface area contributed by atoms with Crippen molar-refractivity contribution in [2.24, 2.45) is 11.7 Å². The first-order valence-corrected chi connectivity index (χ1v) is 8.08. The Morgan fingerprint density at radius 2 is 1.39 bits per heavy atom. The first kappa shape index (κ1) is 16.3. The fourth-order valence-electron chi connectivity index (χ4n) is 3.72. The van der Waals surface area contributed by atoms with Crippen LogP contribution in [-0.2, 0) is 4.74 Å². The molecule has 120 valence electrons. The van der Waals surface area contributed by atoms with Crippen LogP contribution in [0, 0.1) is 5.92 Å². The normalized spacial score (nSPS) is 17.1. The van der Waals surface area contributed by atoms with E-state index in [1.54, 1.807) is 0 Å². The van der Waals surface area contributed by atoms with Crippen LogP contribution in [0.4, 0.5) is 0 Å². The van der Waals surface area contributed by atoms with Gasteiger partial charge in [-0.25, -0.2) is 0 Å². The van der Waals surface area contributed by atoms with E-state index in [0.29, 0.717) is 5.92 Å². The lowest BCUT2D eigenvalue weighted by atomic mass is 9.83. The molecule has 1 heterocycles. The van der Waals surface area contributed by atoms with Gasteiger partial charge in [-0.1, -0.05) is 48.5 Å². The molecule has 2 N–H and O–H groups in total. The number of hydrogen-bond donors (Lipinski definition) is 1. The molecular formula is C20H22ClNO. The third kappa shape index (κ3) is 2.94. The van der Waals surface area contributed by atoms with Crippen LogP contribution in [-0.4, -0.2) is 13.2 Å². The molecule has 0 bridgehead atoms. The van der Waals surface area contributed by atoms with Gasteiger partial charge in [-0.3, -0.25) is 0 Å². The lowest BCUT2D eigenvalue weighted by molar-refractivity contribution is 0.0586. The zero-order valence-electron chi connectivity index (χ0n) is 13.1. The molecule has 0 spiro atoms. The molecule has 23 heavy (non-hydrogen) atoms. The number of hydrogen-bond acceptors (Lipinski definition) is 2. The van der Waals surface area contributed by atoms with E-state index in [1.165, 1.54) is 27.1 Å². The van der Waals surface area contributed by atoms with Crippen molar-refractivity contribution < 1.29 is 4.74 Å². The van der Waals surface area contributed by atoms with Crippen molar-refractivity contribution in [3.05, 3.63) is 60.2 Å². The summed E-state index contributed by atoms with van der Waals surface area (Å²) in [5.74, 6) is 0.503. The van der Waals surface area contributed by atoms with Crippen LogP contribution >= 0.6 is 12.4 Å². The van der Waals surface area contributed by atoms with Crippen molar-refractivity contribution in [1.82, 2.24) is 0 Å². The number of rotatable bonds is 2. The van der Waals surface area contributed by atoms with Crippen LogP contribution in [0.5, 0.6) is 0 Å². The van der Waals surface area contributed by atoms with Crippen molar-refractivity contribution >= 4 is 34.0 Å². The highest BCUT2D eigenvalue weighted by atomic mass is 35.5. The fourth-order valence-corrected chi connectivity index (χ4v) is 3.72. The monoisotopic (exact) mass is 327 g/mol. The summed E-state index contributed by atoms with van der Waals surface area (Å²) < 4.78 is 5.51. The molecule has 0 aliphatic carbocycles. The van der Waals surface area contributed by atoms with Gasteiger partial charge in [0.1, 0.15) is 0 Å². The topological polar surface area (TPSA) is 35.2 Å². The molecule has 0 amide bonds. The molecule has 4 rings (SSSR count). The molecule has 0 aromatic heterocycles. The second-order valence-corrected chi connectivity index (χ2v) is 6.21. The van der Waals surface area contributed by atoms with Crippen molar-refractivity contribution in [3.63, 3.8) is 0 Å². The van der Waals surface area contributed by atoms with Gasteiger partial charge in [-0.2, -0.15) is 0 Å². The molecule has 1 atom stereocenters. The maximum absolute atomic E-state index is 6.75. The van der Waals surface area contributed by atoms with E-state index in [9.17, 15) is 0 Å². The van der Waals surface area contributed by atoms with Crippen molar-refractivity contribution in [1.29, 1.82) is 0 Å². The molecule has 3 aromatic rings. The number of benzene rings is 3. The first-order chi connectivity index (χ1) is 10.8. The molecule has 0 saturated carbocycles. The summed E-state index contributed by atoms with van der Waals surface area (Å²) in [5.41, 5.74) is 8.05. The SMILES string of the molecule is Cl.N[C@H](c1c2ccccc2cc2ccccc12)C1CCOCC1. The molecule has 1 fully saturated rings. The summed E-state index contributed by atoms with van der Waals surface area (Å²) in [7, 11) is 0. The second kappa shape index (κ2) is 6.88. The van der Waals surface area contributed by atoms with Crippen LogP contribution in [0.3, 0.4) is 0 Å². The molecule has 1 aliphatic rings. The summed E-state index contributed by atoms with van der Waals surface area (Å²) in [6, 6.07) is 19.5. The van der Waals surface area contributed by atoms with Gasteiger partial charge < -0.3 is 10.5 Å². The van der Waals surface area contributed by atoms with Gasteiger partial charge in [0.25, 0.3) is 0 Å². The van der Waals surface area contributed by atoms with Gasteiger partial charge in [-0.05, 0) is 51.9 Å². The fraction of sp³-hybridized carbons (Fsp3) is 0.300. The van der Waals surface area contributed by atoms with Crippen molar-refractivity contribution in [3.8, 4) is 0 Å². The Kier molecular flexibility index (Phi) is 4.86. The van der Waals surface area contributed by atoms with Crippen LogP contribution < -0.4 is 5.73 Å². The zero-order valence-corrected chi connectivity index (χ0v) is 13.9. The Balaban J connectivity index is 0.00000156. The predicted octanol–water partition coefficient (Wildman–Crippen LogP) is 4.84. The Hall–Kier alpha value is -1.61. The molecule has 1 aliphatic heterocycles. The van der Waals surface area contributed by atoms with Crippen molar-refractivity contribution in [2.75, 3.05) is 13.2 Å². The molecule has 0 radical (unpaired) electrons. The minimum Gasteiger partial charge on any atom is -0.381 e. The highest BCUT2D eigenvalue weighted by Gasteiger charge is 2.25. The predicted molar refractivity (Wildman–Crippen MR) is 99.2 cm³/mol. The van der Waals surface area contributed by atoms with Gasteiger partial charge in [-0.15, -0.1) is 12.4 Å². The van der Waals surface area contributed by atoms with E-state index in [1.807, 2.05) is 0 Å². The van der Waals surface area contributed by atoms with E-state index in [0.717, 1.165) is 26.1 Å². The molecule has 3 aromatic carbocycles. The third-order valence-electron chi connectivity index (χ3n) is 4.92. The van der Waals surface area contributed by atoms with Crippen LogP contribution in [0.25, 0.3) is 21.5 Å². The number of halogens is 1. The molecule has 0 unspecified atom stereocenters. The maximum Gasteiger partial charge on any atom is 0.0469 e. The van der Waals surface area contributed by atoms with E-state index < -0.39 is 0 Å². The molecule has 2 nitrogen and oxygen atoms in total. The molecule has 1 saturated heterocycles. The summed E-state index contributed by atoms with van der Waals surface area (Å²) in [5, 5.41) is 5.14. The van der Waals surface area contributed by atoms with Crippen LogP contribution in [0.2, 0.25) is 0 Å². The Bertz CT molecular complexity index is 757. The van der Waals surface area contributed by atoms with E-state index in [2.05, 4.69) is 54.6 Å². The standard InChI is InChI=1S/C20H21NO.ClH/c21-20(14-9-11-22-12-10-14)19-17-7-3-1-5-15(17)13-16-6-2-4-8-18(16)19;/h1-8,13-14,20H,9-12,21H2;1H/t20-;/m0./s1. The van der Waals surface area contributed by atoms with Gasteiger partial charge in [0.15, 0.2) is 0 Å². The van der Waals surface area contributed by atoms with E-state index in [4.69, 9.17) is 10.5 Å². The van der Waals surface area contributed by atoms with E-state index in [-0.39, 0.29) is 18.4 Å². The average molecular weight is 328 g/mol. The molecule has 3 heteroatoms. The Morgan fingerprint density at radius 3 is 1.96 bits per heavy atom. The number of nitrogens with two attached hydrogens (primary N) is 1. The van der Waals surface area contributed by atoms with Gasteiger partial charge in [0, 0.05) is 19.3 Å². The minimum absolute atomic E-state index is 0. The second-order valence-electron chi connectivity index (χ2n) is 6.21. The highest BCUT2D eigenvalue weighted by Crippen LogP contribution is 2.37. The Labute approximate surface area is 143 Å². The molecular weight excluding hydrogens is 306 g/mol. The number of ether oxygens (including phenoxy) is 1. The summed E-state index contributed by atoms with van der Waals surface area (Å²) >= 11 is 0. The van der Waals surface area contributed by atoms with Crippen LogP contribution in [0.15, 0.2) is 54.6 Å². The average Bonchev–Trinajstić information content (AvgIpc) is 2.60. The maximum atomic E-state index is 6.75. The lowest BCUT2D eigenvalue weighted by Gasteiger charge is -2.29. The summed E-state index contributed by atoms with van der Waals surface area (Å²) in [4.78, 5) is 0. The Morgan fingerprint density at radius 1 is 0.870 bits per heavy atom. The van der Waals surface area contributed by atoms with E-state index >= 15 is 0 Å². The van der Waals surface area contributed by atoms with Crippen molar-refractivity contribution in [2.45, 2.75) is 18.9 Å². The first-order valence-electron chi connectivity index (χ1n) is 8.08. The van der Waals surface area contributed by atoms with Gasteiger partial charge in [0.2, 0.25) is 0 Å². The smallest absolute Gasteiger partial charge is 0.0469 e. The summed E-state index contributed by atoms with van der Waals surface area (Å²) in [6.45, 7) is 1.67. The minimum atomic E-state index is 0. The largest absolute Gasteiger partial charge is 0.381 e. The lowest BCUT2D eigenvalue weighted by Crippen LogP contribution is -2.27. The third-order valence-corrected chi connectivity index (χ3v) is 4.92. The van der Waals surface area contributed by atoms with Gasteiger partial charge >= 0.3 is 0 Å². The van der Waals surface area contributed by atoms with Crippen LogP contribution in [0.1, 0.15) is 24.4 Å². The highest BCUT2D eigenvalue weighted by molar-refractivity contribution is 6.02. The number of fused-ring (bicyclic) bond motifs is 2. The van der Waals surface area contributed by atoms with Gasteiger partial charge in [0.05, 0.1) is 0 Å². The quantitative estimate of drug-likeness (QED) is 0.683. The summed E-state index contributed by atoms with van der Waals surface area (Å²) in [6.07, 6.45) is 2.11.